The molecule has 0 aliphatic rings. The standard InChI is InChI=1S/C12H12BrClN2O/c1-17-12-3-2-11(13)4-10(12)8-16-7-9(5-14)6-15-16/h2-4,6-7H,5,8H2,1H3. The Balaban J connectivity index is 2.25. The van der Waals surface area contributed by atoms with Crippen LogP contribution in [-0.4, -0.2) is 16.9 Å². The molecule has 0 unspecified atom stereocenters. The smallest absolute Gasteiger partial charge is 0.124 e. The van der Waals surface area contributed by atoms with Crippen molar-refractivity contribution < 1.29 is 4.74 Å². The maximum atomic E-state index is 5.74. The highest BCUT2D eigenvalue weighted by molar-refractivity contribution is 9.10. The lowest BCUT2D eigenvalue weighted by Crippen LogP contribution is -2.02. The van der Waals surface area contributed by atoms with Crippen molar-refractivity contribution in [2.45, 2.75) is 12.4 Å². The van der Waals surface area contributed by atoms with Crippen molar-refractivity contribution in [2.75, 3.05) is 7.11 Å². The van der Waals surface area contributed by atoms with Gasteiger partial charge in [0, 0.05) is 21.8 Å². The summed E-state index contributed by atoms with van der Waals surface area (Å²) in [6, 6.07) is 5.92. The molecule has 5 heteroatoms. The van der Waals surface area contributed by atoms with Crippen molar-refractivity contribution in [1.82, 2.24) is 9.78 Å². The second-order valence-corrected chi connectivity index (χ2v) is 4.82. The fraction of sp³-hybridized carbons (Fsp3) is 0.250. The predicted molar refractivity (Wildman–Crippen MR) is 71.6 cm³/mol. The first-order chi connectivity index (χ1) is 8.22. The SMILES string of the molecule is COc1ccc(Br)cc1Cn1cc(CCl)cn1. The van der Waals surface area contributed by atoms with Crippen LogP contribution in [0.2, 0.25) is 0 Å². The molecule has 0 aliphatic heterocycles. The summed E-state index contributed by atoms with van der Waals surface area (Å²) in [7, 11) is 1.67. The maximum absolute atomic E-state index is 5.74. The van der Waals surface area contributed by atoms with Gasteiger partial charge in [-0.05, 0) is 18.2 Å². The van der Waals surface area contributed by atoms with E-state index in [4.69, 9.17) is 16.3 Å². The number of methoxy groups -OCH3 is 1. The molecule has 0 aliphatic carbocycles. The Morgan fingerprint density at radius 3 is 2.94 bits per heavy atom. The van der Waals surface area contributed by atoms with E-state index in [2.05, 4.69) is 21.0 Å². The number of halogens is 2. The molecule has 0 amide bonds. The summed E-state index contributed by atoms with van der Waals surface area (Å²) in [5, 5.41) is 4.25. The third-order valence-electron chi connectivity index (χ3n) is 2.42. The Morgan fingerprint density at radius 1 is 1.47 bits per heavy atom. The Morgan fingerprint density at radius 2 is 2.29 bits per heavy atom. The normalized spacial score (nSPS) is 10.5. The summed E-state index contributed by atoms with van der Waals surface area (Å²) in [6.07, 6.45) is 3.71. The molecule has 0 spiro atoms. The van der Waals surface area contributed by atoms with E-state index < -0.39 is 0 Å². The molecule has 0 bridgehead atoms. The minimum atomic E-state index is 0.482. The highest BCUT2D eigenvalue weighted by Gasteiger charge is 2.05. The van der Waals surface area contributed by atoms with Gasteiger partial charge < -0.3 is 4.74 Å². The number of hydrogen-bond donors (Lipinski definition) is 0. The summed E-state index contributed by atoms with van der Waals surface area (Å²) < 4.78 is 8.19. The molecule has 0 N–H and O–H groups in total. The third-order valence-corrected chi connectivity index (χ3v) is 3.22. The van der Waals surface area contributed by atoms with Crippen LogP contribution in [0.1, 0.15) is 11.1 Å². The number of alkyl halides is 1. The first kappa shape index (κ1) is 12.5. The second-order valence-electron chi connectivity index (χ2n) is 3.64. The zero-order valence-electron chi connectivity index (χ0n) is 9.36. The summed E-state index contributed by atoms with van der Waals surface area (Å²) in [5.74, 6) is 1.34. The van der Waals surface area contributed by atoms with Gasteiger partial charge in [-0.15, -0.1) is 11.6 Å². The minimum Gasteiger partial charge on any atom is -0.496 e. The van der Waals surface area contributed by atoms with Crippen LogP contribution < -0.4 is 4.74 Å². The van der Waals surface area contributed by atoms with Gasteiger partial charge in [0.15, 0.2) is 0 Å². The number of rotatable bonds is 4. The molecule has 1 aromatic carbocycles. The minimum absolute atomic E-state index is 0.482. The van der Waals surface area contributed by atoms with E-state index in [9.17, 15) is 0 Å². The zero-order chi connectivity index (χ0) is 12.3. The second kappa shape index (κ2) is 5.56. The molecule has 0 fully saturated rings. The Hall–Kier alpha value is -1.00. The lowest BCUT2D eigenvalue weighted by Gasteiger charge is -2.09. The molecule has 3 nitrogen and oxygen atoms in total. The van der Waals surface area contributed by atoms with E-state index in [1.807, 2.05) is 29.1 Å². The van der Waals surface area contributed by atoms with Crippen LogP contribution in [0.3, 0.4) is 0 Å². The van der Waals surface area contributed by atoms with Crippen LogP contribution in [0.5, 0.6) is 5.75 Å². The first-order valence-corrected chi connectivity index (χ1v) is 6.45. The van der Waals surface area contributed by atoms with E-state index >= 15 is 0 Å². The topological polar surface area (TPSA) is 27.1 Å². The molecule has 2 rings (SSSR count). The van der Waals surface area contributed by atoms with Crippen LogP contribution >= 0.6 is 27.5 Å². The van der Waals surface area contributed by atoms with E-state index in [1.165, 1.54) is 0 Å². The zero-order valence-corrected chi connectivity index (χ0v) is 11.7. The molecule has 0 saturated carbocycles. The van der Waals surface area contributed by atoms with Crippen LogP contribution in [0, 0.1) is 0 Å². The number of hydrogen-bond acceptors (Lipinski definition) is 2. The van der Waals surface area contributed by atoms with Gasteiger partial charge in [-0.1, -0.05) is 15.9 Å². The Bertz CT molecular complexity index is 513. The largest absolute Gasteiger partial charge is 0.496 e. The van der Waals surface area contributed by atoms with Crippen LogP contribution in [0.25, 0.3) is 0 Å². The van der Waals surface area contributed by atoms with E-state index in [1.54, 1.807) is 13.3 Å². The lowest BCUT2D eigenvalue weighted by atomic mass is 10.2. The fourth-order valence-corrected chi connectivity index (χ4v) is 2.15. The average Bonchev–Trinajstić information content (AvgIpc) is 2.77. The van der Waals surface area contributed by atoms with E-state index in [0.29, 0.717) is 12.4 Å². The van der Waals surface area contributed by atoms with Crippen molar-refractivity contribution in [2.24, 2.45) is 0 Å². The summed E-state index contributed by atoms with van der Waals surface area (Å²) in [6.45, 7) is 0.666. The quantitative estimate of drug-likeness (QED) is 0.808. The van der Waals surface area contributed by atoms with Crippen LogP contribution in [0.4, 0.5) is 0 Å². The van der Waals surface area contributed by atoms with Gasteiger partial charge in [-0.2, -0.15) is 5.10 Å². The van der Waals surface area contributed by atoms with Crippen molar-refractivity contribution >= 4 is 27.5 Å². The van der Waals surface area contributed by atoms with Gasteiger partial charge in [0.25, 0.3) is 0 Å². The molecule has 1 heterocycles. The van der Waals surface area contributed by atoms with Crippen LogP contribution in [-0.2, 0) is 12.4 Å². The highest BCUT2D eigenvalue weighted by Crippen LogP contribution is 2.23. The number of nitrogens with zero attached hydrogens (tertiary/aromatic N) is 2. The number of aromatic nitrogens is 2. The van der Waals surface area contributed by atoms with Gasteiger partial charge in [0.05, 0.1) is 25.7 Å². The monoisotopic (exact) mass is 314 g/mol. The van der Waals surface area contributed by atoms with Gasteiger partial charge in [0.2, 0.25) is 0 Å². The molecular weight excluding hydrogens is 304 g/mol. The number of ether oxygens (including phenoxy) is 1. The summed E-state index contributed by atoms with van der Waals surface area (Å²) in [4.78, 5) is 0. The van der Waals surface area contributed by atoms with E-state index in [0.717, 1.165) is 21.3 Å². The van der Waals surface area contributed by atoms with Gasteiger partial charge >= 0.3 is 0 Å². The molecule has 1 aromatic heterocycles. The van der Waals surface area contributed by atoms with Crippen LogP contribution in [0.15, 0.2) is 35.1 Å². The maximum Gasteiger partial charge on any atom is 0.124 e. The molecule has 0 atom stereocenters. The van der Waals surface area contributed by atoms with Crippen molar-refractivity contribution in [1.29, 1.82) is 0 Å². The van der Waals surface area contributed by atoms with Crippen molar-refractivity contribution in [3.05, 3.63) is 46.2 Å². The average molecular weight is 316 g/mol. The van der Waals surface area contributed by atoms with Gasteiger partial charge in [-0.25, -0.2) is 0 Å². The Kier molecular flexibility index (Phi) is 4.07. The molecule has 2 aromatic rings. The molecular formula is C12H12BrClN2O. The van der Waals surface area contributed by atoms with E-state index in [-0.39, 0.29) is 0 Å². The summed E-state index contributed by atoms with van der Waals surface area (Å²) >= 11 is 9.19. The fourth-order valence-electron chi connectivity index (χ4n) is 1.61. The third kappa shape index (κ3) is 3.01. The van der Waals surface area contributed by atoms with Crippen molar-refractivity contribution in [3.8, 4) is 5.75 Å². The number of benzene rings is 1. The van der Waals surface area contributed by atoms with Gasteiger partial charge in [-0.3, -0.25) is 4.68 Å². The van der Waals surface area contributed by atoms with Crippen molar-refractivity contribution in [3.63, 3.8) is 0 Å². The predicted octanol–water partition coefficient (Wildman–Crippen LogP) is 3.44. The molecule has 90 valence electrons. The first-order valence-electron chi connectivity index (χ1n) is 5.12. The molecule has 17 heavy (non-hydrogen) atoms. The van der Waals surface area contributed by atoms with Gasteiger partial charge in [0.1, 0.15) is 5.75 Å². The summed E-state index contributed by atoms with van der Waals surface area (Å²) in [5.41, 5.74) is 2.09. The lowest BCUT2D eigenvalue weighted by molar-refractivity contribution is 0.407. The molecule has 0 radical (unpaired) electrons. The highest BCUT2D eigenvalue weighted by atomic mass is 79.9. The molecule has 0 saturated heterocycles. The Labute approximate surface area is 113 Å².